The first kappa shape index (κ1) is 7.54. The second kappa shape index (κ2) is 2.82. The fraction of sp³-hybridized carbons (Fsp3) is 0.455. The van der Waals surface area contributed by atoms with E-state index in [4.69, 9.17) is 4.74 Å². The highest BCUT2D eigenvalue weighted by molar-refractivity contribution is 5.23. The lowest BCUT2D eigenvalue weighted by Crippen LogP contribution is -2.60. The van der Waals surface area contributed by atoms with Crippen LogP contribution in [0.2, 0.25) is 0 Å². The third kappa shape index (κ3) is 1.10. The Labute approximate surface area is 78.1 Å². The minimum Gasteiger partial charge on any atom is -0.374 e. The molecule has 13 heavy (non-hydrogen) atoms. The molecule has 0 saturated carbocycles. The summed E-state index contributed by atoms with van der Waals surface area (Å²) in [5, 5.41) is 0. The molecule has 0 amide bonds. The van der Waals surface area contributed by atoms with E-state index in [1.807, 2.05) is 0 Å². The van der Waals surface area contributed by atoms with Crippen molar-refractivity contribution < 1.29 is 4.74 Å². The first-order valence-electron chi connectivity index (χ1n) is 4.86. The zero-order chi connectivity index (χ0) is 8.67. The molecule has 2 nitrogen and oxygen atoms in total. The quantitative estimate of drug-likeness (QED) is 0.640. The molecule has 68 valence electrons. The average Bonchev–Trinajstić information content (AvgIpc) is 2.20. The van der Waals surface area contributed by atoms with Crippen molar-refractivity contribution in [2.24, 2.45) is 0 Å². The van der Waals surface area contributed by atoms with Gasteiger partial charge in [-0.25, -0.2) is 0 Å². The fourth-order valence-corrected chi connectivity index (χ4v) is 2.31. The Morgan fingerprint density at radius 3 is 2.69 bits per heavy atom. The van der Waals surface area contributed by atoms with Gasteiger partial charge in [-0.3, -0.25) is 4.90 Å². The van der Waals surface area contributed by atoms with Crippen LogP contribution < -0.4 is 0 Å². The van der Waals surface area contributed by atoms with Gasteiger partial charge in [0.1, 0.15) is 0 Å². The van der Waals surface area contributed by atoms with Crippen molar-refractivity contribution >= 4 is 0 Å². The van der Waals surface area contributed by atoms with Crippen molar-refractivity contribution in [3.63, 3.8) is 0 Å². The van der Waals surface area contributed by atoms with Gasteiger partial charge in [0.25, 0.3) is 0 Å². The lowest BCUT2D eigenvalue weighted by molar-refractivity contribution is -0.162. The van der Waals surface area contributed by atoms with Crippen LogP contribution in [0, 0.1) is 0 Å². The largest absolute Gasteiger partial charge is 0.374 e. The van der Waals surface area contributed by atoms with Gasteiger partial charge in [0.05, 0.1) is 18.8 Å². The topological polar surface area (TPSA) is 12.5 Å². The summed E-state index contributed by atoms with van der Waals surface area (Å²) < 4.78 is 5.67. The SMILES string of the molecule is c1ccc(C2C3CN2CCO3)cc1. The molecule has 0 aromatic heterocycles. The molecule has 0 N–H and O–H groups in total. The standard InChI is InChI=1S/C11H13NO/c1-2-4-9(5-3-1)11-10-8-12(11)6-7-13-10/h1-5,10-11H,6-8H2. The second-order valence-corrected chi connectivity index (χ2v) is 3.76. The molecule has 0 spiro atoms. The first-order chi connectivity index (χ1) is 6.45. The minimum absolute atomic E-state index is 0.455. The molecule has 1 aromatic carbocycles. The van der Waals surface area contributed by atoms with Crippen LogP contribution in [0.1, 0.15) is 11.6 Å². The number of benzene rings is 1. The molecular weight excluding hydrogens is 162 g/mol. The molecule has 2 heterocycles. The molecule has 0 aliphatic carbocycles. The van der Waals surface area contributed by atoms with E-state index in [0.717, 1.165) is 19.7 Å². The van der Waals surface area contributed by atoms with E-state index < -0.39 is 0 Å². The Kier molecular flexibility index (Phi) is 1.64. The Morgan fingerprint density at radius 1 is 1.23 bits per heavy atom. The van der Waals surface area contributed by atoms with Crippen LogP contribution in [0.15, 0.2) is 30.3 Å². The van der Waals surface area contributed by atoms with Crippen LogP contribution >= 0.6 is 0 Å². The van der Waals surface area contributed by atoms with Gasteiger partial charge in [0.15, 0.2) is 0 Å². The molecule has 3 rings (SSSR count). The van der Waals surface area contributed by atoms with Gasteiger partial charge in [-0.15, -0.1) is 0 Å². The summed E-state index contributed by atoms with van der Waals surface area (Å²) in [6.07, 6.45) is 0.455. The van der Waals surface area contributed by atoms with Crippen molar-refractivity contribution in [2.75, 3.05) is 19.7 Å². The lowest BCUT2D eigenvalue weighted by atomic mass is 9.90. The summed E-state index contributed by atoms with van der Waals surface area (Å²) in [6.45, 7) is 3.13. The summed E-state index contributed by atoms with van der Waals surface area (Å²) in [4.78, 5) is 2.49. The second-order valence-electron chi connectivity index (χ2n) is 3.76. The van der Waals surface area contributed by atoms with Gasteiger partial charge in [-0.2, -0.15) is 0 Å². The predicted octanol–water partition coefficient (Wildman–Crippen LogP) is 1.44. The summed E-state index contributed by atoms with van der Waals surface area (Å²) in [6, 6.07) is 11.2. The lowest BCUT2D eigenvalue weighted by Gasteiger charge is -2.52. The van der Waals surface area contributed by atoms with Gasteiger partial charge >= 0.3 is 0 Å². The molecule has 2 bridgehead atoms. The maximum atomic E-state index is 5.67. The number of hydrogen-bond acceptors (Lipinski definition) is 2. The summed E-state index contributed by atoms with van der Waals surface area (Å²) >= 11 is 0. The van der Waals surface area contributed by atoms with Gasteiger partial charge in [-0.1, -0.05) is 30.3 Å². The maximum Gasteiger partial charge on any atom is 0.0899 e. The third-order valence-corrected chi connectivity index (χ3v) is 3.01. The van der Waals surface area contributed by atoms with Crippen molar-refractivity contribution in [1.29, 1.82) is 0 Å². The predicted molar refractivity (Wildman–Crippen MR) is 50.5 cm³/mol. The smallest absolute Gasteiger partial charge is 0.0899 e. The number of fused-ring (bicyclic) bond motifs is 2. The molecule has 2 aliphatic rings. The van der Waals surface area contributed by atoms with Crippen molar-refractivity contribution in [1.82, 2.24) is 4.90 Å². The average molecular weight is 175 g/mol. The van der Waals surface area contributed by atoms with Crippen LogP contribution in [-0.4, -0.2) is 30.7 Å². The Hall–Kier alpha value is -0.860. The molecule has 2 fully saturated rings. The number of nitrogens with zero attached hydrogens (tertiary/aromatic N) is 1. The summed E-state index contributed by atoms with van der Waals surface area (Å²) in [7, 11) is 0. The Bertz CT molecular complexity index is 284. The molecule has 3 unspecified atom stereocenters. The highest BCUT2D eigenvalue weighted by Crippen LogP contribution is 2.37. The zero-order valence-electron chi connectivity index (χ0n) is 7.52. The van der Waals surface area contributed by atoms with Gasteiger partial charge in [0.2, 0.25) is 0 Å². The van der Waals surface area contributed by atoms with E-state index in [0.29, 0.717) is 12.1 Å². The number of rotatable bonds is 1. The van der Waals surface area contributed by atoms with Crippen LogP contribution in [0.4, 0.5) is 0 Å². The van der Waals surface area contributed by atoms with Crippen molar-refractivity contribution in [3.05, 3.63) is 35.9 Å². The highest BCUT2D eigenvalue weighted by atomic mass is 16.5. The van der Waals surface area contributed by atoms with E-state index >= 15 is 0 Å². The maximum absolute atomic E-state index is 5.67. The number of hydrogen-bond donors (Lipinski definition) is 0. The van der Waals surface area contributed by atoms with Gasteiger partial charge < -0.3 is 4.74 Å². The minimum atomic E-state index is 0.455. The monoisotopic (exact) mass is 175 g/mol. The van der Waals surface area contributed by atoms with Crippen LogP contribution in [0.3, 0.4) is 0 Å². The van der Waals surface area contributed by atoms with Crippen LogP contribution in [0.25, 0.3) is 0 Å². The summed E-state index contributed by atoms with van der Waals surface area (Å²) in [5.41, 5.74) is 1.40. The molecule has 1 aromatic rings. The molecule has 3 atom stereocenters. The van der Waals surface area contributed by atoms with Crippen LogP contribution in [0.5, 0.6) is 0 Å². The Balaban J connectivity index is 1.87. The molecule has 2 heteroatoms. The van der Waals surface area contributed by atoms with Crippen molar-refractivity contribution in [2.45, 2.75) is 12.1 Å². The molecule has 0 radical (unpaired) electrons. The Morgan fingerprint density at radius 2 is 2.08 bits per heavy atom. The summed E-state index contributed by atoms with van der Waals surface area (Å²) in [5.74, 6) is 0. The molecular formula is C11H13NO. The third-order valence-electron chi connectivity index (χ3n) is 3.01. The fourth-order valence-electron chi connectivity index (χ4n) is 2.31. The van der Waals surface area contributed by atoms with E-state index in [9.17, 15) is 0 Å². The molecule has 2 saturated heterocycles. The molecule has 2 aliphatic heterocycles. The van der Waals surface area contributed by atoms with E-state index in [2.05, 4.69) is 35.2 Å². The first-order valence-corrected chi connectivity index (χ1v) is 4.86. The zero-order valence-corrected chi connectivity index (χ0v) is 7.52. The normalized spacial score (nSPS) is 36.8. The van der Waals surface area contributed by atoms with Crippen LogP contribution in [-0.2, 0) is 4.74 Å². The number of ether oxygens (including phenoxy) is 1. The number of morpholine rings is 2. The van der Waals surface area contributed by atoms with Crippen molar-refractivity contribution in [3.8, 4) is 0 Å². The highest BCUT2D eigenvalue weighted by Gasteiger charge is 2.43. The van der Waals surface area contributed by atoms with E-state index in [1.165, 1.54) is 5.56 Å². The van der Waals surface area contributed by atoms with Gasteiger partial charge in [0, 0.05) is 13.1 Å². The van der Waals surface area contributed by atoms with E-state index in [1.54, 1.807) is 0 Å². The van der Waals surface area contributed by atoms with E-state index in [-0.39, 0.29) is 0 Å². The van der Waals surface area contributed by atoms with Gasteiger partial charge in [-0.05, 0) is 5.56 Å².